The zero-order valence-corrected chi connectivity index (χ0v) is 12.1. The molecule has 20 heavy (non-hydrogen) atoms. The second-order valence-corrected chi connectivity index (χ2v) is 7.40. The molecule has 1 aromatic rings. The van der Waals surface area contributed by atoms with Crippen molar-refractivity contribution < 1.29 is 14.4 Å². The zero-order valence-electron chi connectivity index (χ0n) is 11.3. The van der Waals surface area contributed by atoms with Gasteiger partial charge in [0.05, 0.1) is 13.2 Å². The van der Waals surface area contributed by atoms with Gasteiger partial charge in [0.2, 0.25) is 0 Å². The first-order valence-corrected chi connectivity index (χ1v) is 8.52. The van der Waals surface area contributed by atoms with Gasteiger partial charge in [0.15, 0.2) is 0 Å². The molecule has 3 aliphatic heterocycles. The number of hydroxylamine groups is 1. The summed E-state index contributed by atoms with van der Waals surface area (Å²) >= 11 is -0.732. The summed E-state index contributed by atoms with van der Waals surface area (Å²) in [6, 6.07) is 6.21. The van der Waals surface area contributed by atoms with E-state index < -0.39 is 11.2 Å². The van der Waals surface area contributed by atoms with Gasteiger partial charge < -0.3 is 24.5 Å². The van der Waals surface area contributed by atoms with Crippen molar-refractivity contribution in [1.82, 2.24) is 0 Å². The summed E-state index contributed by atoms with van der Waals surface area (Å²) in [5.74, 6) is 1.31. The predicted octanol–water partition coefficient (Wildman–Crippen LogP) is -0.449. The lowest BCUT2D eigenvalue weighted by atomic mass is 9.85. The monoisotopic (exact) mass is 294 g/mol. The Kier molecular flexibility index (Phi) is 2.98. The fraction of sp³-hybridized carbons (Fsp3) is 0.571. The van der Waals surface area contributed by atoms with E-state index in [0.29, 0.717) is 18.1 Å². The third kappa shape index (κ3) is 1.87. The third-order valence-corrected chi connectivity index (χ3v) is 6.37. The Morgan fingerprint density at radius 3 is 2.70 bits per heavy atom. The van der Waals surface area contributed by atoms with Crippen LogP contribution in [0.25, 0.3) is 0 Å². The molecule has 0 radical (unpaired) electrons. The second-order valence-electron chi connectivity index (χ2n) is 5.94. The van der Waals surface area contributed by atoms with Gasteiger partial charge in [-0.1, -0.05) is 11.2 Å². The lowest BCUT2D eigenvalue weighted by molar-refractivity contribution is -0.773. The summed E-state index contributed by atoms with van der Waals surface area (Å²) in [4.78, 5) is 2.26. The van der Waals surface area contributed by atoms with Gasteiger partial charge in [-0.15, -0.1) is 0 Å². The number of quaternary nitrogens is 1. The van der Waals surface area contributed by atoms with Gasteiger partial charge in [0, 0.05) is 30.4 Å². The number of hydrogen-bond acceptors (Lipinski definition) is 4. The molecule has 4 rings (SSSR count). The molecule has 108 valence electrons. The number of ether oxygens (including phenoxy) is 1. The molecule has 0 bridgehead atoms. The van der Waals surface area contributed by atoms with Crippen molar-refractivity contribution >= 4 is 22.6 Å². The van der Waals surface area contributed by atoms with Crippen LogP contribution in [0, 0.1) is 5.21 Å². The topological polar surface area (TPSA) is 63.0 Å². The highest BCUT2D eigenvalue weighted by Crippen LogP contribution is 2.42. The molecular weight excluding hydrogens is 276 g/mol. The van der Waals surface area contributed by atoms with Gasteiger partial charge in [-0.3, -0.25) is 0 Å². The van der Waals surface area contributed by atoms with Crippen LogP contribution in [0.5, 0.6) is 0 Å². The van der Waals surface area contributed by atoms with E-state index in [-0.39, 0.29) is 10.5 Å². The average Bonchev–Trinajstić information content (AvgIpc) is 2.73. The molecule has 0 saturated carbocycles. The number of fused-ring (bicyclic) bond motifs is 2. The summed E-state index contributed by atoms with van der Waals surface area (Å²) in [5.41, 5.74) is 2.98. The van der Waals surface area contributed by atoms with E-state index in [4.69, 9.17) is 4.74 Å². The number of rotatable bonds is 1. The lowest BCUT2D eigenvalue weighted by Crippen LogP contribution is -3.02. The van der Waals surface area contributed by atoms with E-state index >= 15 is 0 Å². The molecule has 1 N–H and O–H groups in total. The quantitative estimate of drug-likeness (QED) is 0.563. The summed E-state index contributed by atoms with van der Waals surface area (Å²) < 4.78 is 16.8. The van der Waals surface area contributed by atoms with Gasteiger partial charge >= 0.3 is 0 Å². The smallest absolute Gasteiger partial charge is 0.139 e. The van der Waals surface area contributed by atoms with Crippen LogP contribution in [-0.2, 0) is 21.3 Å². The predicted molar refractivity (Wildman–Crippen MR) is 77.9 cm³/mol. The van der Waals surface area contributed by atoms with E-state index in [9.17, 15) is 9.76 Å². The van der Waals surface area contributed by atoms with Crippen molar-refractivity contribution in [3.63, 3.8) is 0 Å². The number of nitrogens with zero attached hydrogens (tertiary/aromatic N) is 1. The first-order valence-electron chi connectivity index (χ1n) is 7.03. The number of hydrogen-bond donors (Lipinski definition) is 1. The van der Waals surface area contributed by atoms with Crippen LogP contribution in [-0.4, -0.2) is 48.9 Å². The Morgan fingerprint density at radius 2 is 2.00 bits per heavy atom. The van der Waals surface area contributed by atoms with Gasteiger partial charge in [0.25, 0.3) is 0 Å². The third-order valence-electron chi connectivity index (χ3n) is 4.62. The van der Waals surface area contributed by atoms with Gasteiger partial charge in [-0.05, 0) is 12.1 Å². The van der Waals surface area contributed by atoms with Crippen LogP contribution in [0.1, 0.15) is 5.56 Å². The molecule has 1 unspecified atom stereocenters. The number of benzene rings is 1. The molecule has 2 fully saturated rings. The Morgan fingerprint density at radius 1 is 1.25 bits per heavy atom. The Hall–Kier alpha value is -0.790. The summed E-state index contributed by atoms with van der Waals surface area (Å²) in [6.45, 7) is 3.78. The molecule has 3 aliphatic rings. The van der Waals surface area contributed by atoms with Crippen molar-refractivity contribution in [2.45, 2.75) is 5.41 Å². The van der Waals surface area contributed by atoms with E-state index in [2.05, 4.69) is 17.0 Å². The molecule has 3 heterocycles. The minimum atomic E-state index is -0.732. The molecule has 0 amide bonds. The molecule has 1 aromatic carbocycles. The van der Waals surface area contributed by atoms with Crippen molar-refractivity contribution in [2.24, 2.45) is 0 Å². The molecule has 6 heteroatoms. The summed E-state index contributed by atoms with van der Waals surface area (Å²) in [6.07, 6.45) is 0. The SMILES string of the molecule is [O-][NH+]1CC2(C[S+]([O-])C2)c2ccc(N3CCOCC3)cc21. The Bertz CT molecular complexity index is 527. The molecule has 2 saturated heterocycles. The lowest BCUT2D eigenvalue weighted by Gasteiger charge is -2.37. The summed E-state index contributed by atoms with van der Waals surface area (Å²) in [7, 11) is 0. The minimum Gasteiger partial charge on any atom is -0.629 e. The maximum Gasteiger partial charge on any atom is 0.139 e. The van der Waals surface area contributed by atoms with E-state index in [0.717, 1.165) is 43.2 Å². The highest BCUT2D eigenvalue weighted by Gasteiger charge is 2.57. The van der Waals surface area contributed by atoms with Crippen molar-refractivity contribution in [3.8, 4) is 0 Å². The highest BCUT2D eigenvalue weighted by atomic mass is 32.2. The highest BCUT2D eigenvalue weighted by molar-refractivity contribution is 7.93. The number of anilines is 1. The van der Waals surface area contributed by atoms with Crippen LogP contribution in [0.15, 0.2) is 18.2 Å². The first-order chi connectivity index (χ1) is 9.68. The van der Waals surface area contributed by atoms with Crippen LogP contribution in [0.3, 0.4) is 0 Å². The van der Waals surface area contributed by atoms with Gasteiger partial charge in [-0.25, -0.2) is 0 Å². The molecule has 0 aliphatic carbocycles. The van der Waals surface area contributed by atoms with Crippen molar-refractivity contribution in [3.05, 3.63) is 29.0 Å². The zero-order chi connectivity index (χ0) is 13.7. The average molecular weight is 294 g/mol. The van der Waals surface area contributed by atoms with Crippen molar-refractivity contribution in [1.29, 1.82) is 0 Å². The maximum absolute atomic E-state index is 12.3. The second kappa shape index (κ2) is 4.61. The van der Waals surface area contributed by atoms with E-state index in [1.54, 1.807) is 0 Å². The Labute approximate surface area is 121 Å². The first kappa shape index (κ1) is 12.9. The van der Waals surface area contributed by atoms with Gasteiger partial charge in [-0.2, -0.15) is 0 Å². The van der Waals surface area contributed by atoms with Crippen LogP contribution in [0.2, 0.25) is 0 Å². The number of morpholine rings is 1. The normalized spacial score (nSPS) is 36.0. The fourth-order valence-electron chi connectivity index (χ4n) is 3.57. The van der Waals surface area contributed by atoms with Crippen LogP contribution in [0.4, 0.5) is 11.4 Å². The standard InChI is InChI=1S/C14H18N2O3S/c17-16-8-14(9-20(18)10-14)12-2-1-11(7-13(12)16)15-3-5-19-6-4-15/h1-2,7,16H,3-6,8-10H2. The molecule has 5 nitrogen and oxygen atoms in total. The summed E-state index contributed by atoms with van der Waals surface area (Å²) in [5, 5.41) is 12.5. The van der Waals surface area contributed by atoms with Crippen LogP contribution < -0.4 is 9.96 Å². The van der Waals surface area contributed by atoms with E-state index in [1.807, 2.05) is 6.07 Å². The Balaban J connectivity index is 1.66. The van der Waals surface area contributed by atoms with Gasteiger partial charge in [0.1, 0.15) is 29.2 Å². The fourth-order valence-corrected chi connectivity index (χ4v) is 5.24. The van der Waals surface area contributed by atoms with E-state index in [1.165, 1.54) is 0 Å². The van der Waals surface area contributed by atoms with Crippen molar-refractivity contribution in [2.75, 3.05) is 49.3 Å². The molecule has 1 atom stereocenters. The molecule has 0 aromatic heterocycles. The van der Waals surface area contributed by atoms with Crippen LogP contribution >= 0.6 is 0 Å². The largest absolute Gasteiger partial charge is 0.629 e. The minimum absolute atomic E-state index is 0.110. The molecule has 1 spiro atoms. The molecular formula is C14H18N2O3S. The number of nitrogens with one attached hydrogen (secondary N) is 1. The maximum atomic E-state index is 12.3.